The SMILES string of the molecule is CC[C@@H](CC(=O)N1C(=O)[C@H](Cc2ccnc(N)c2)[C@H]1C(=O)N(C)c1nccn1C)c1cc(C)c(F)c(C)c1. The predicted molar refractivity (Wildman–Crippen MR) is 142 cm³/mol. The Morgan fingerprint density at radius 1 is 1.16 bits per heavy atom. The van der Waals surface area contributed by atoms with Crippen LogP contribution in [0, 0.1) is 25.6 Å². The molecule has 2 N–H and O–H groups in total. The molecule has 3 atom stereocenters. The number of halogens is 1. The monoisotopic (exact) mass is 520 g/mol. The first-order valence-electron chi connectivity index (χ1n) is 12.6. The standard InChI is InChI=1S/C28H33FN6O3/c1-6-19(20-11-16(2)24(29)17(3)12-20)15-23(36)35-25(27(38)34(5)28-32-9-10-33(28)4)21(26(35)37)13-18-7-8-31-22(30)14-18/h7-12,14,19,21,25H,6,13,15H2,1-5H3,(H2,30,31)/t19-,21+,25-/m0/s1. The van der Waals surface area contributed by atoms with Crippen molar-refractivity contribution in [3.8, 4) is 0 Å². The van der Waals surface area contributed by atoms with Gasteiger partial charge in [0, 0.05) is 39.1 Å². The lowest BCUT2D eigenvalue weighted by molar-refractivity contribution is -0.170. The number of likely N-dealkylation sites (N-methyl/N-ethyl adjacent to an activating group) is 1. The van der Waals surface area contributed by atoms with Crippen molar-refractivity contribution in [2.45, 2.75) is 52.0 Å². The van der Waals surface area contributed by atoms with E-state index in [0.29, 0.717) is 29.3 Å². The van der Waals surface area contributed by atoms with Crippen molar-refractivity contribution >= 4 is 29.5 Å². The number of nitrogens with zero attached hydrogens (tertiary/aromatic N) is 5. The molecule has 0 aliphatic carbocycles. The highest BCUT2D eigenvalue weighted by atomic mass is 19.1. The van der Waals surface area contributed by atoms with E-state index >= 15 is 0 Å². The number of carbonyl (C=O) groups is 3. The molecule has 9 nitrogen and oxygen atoms in total. The molecule has 1 fully saturated rings. The summed E-state index contributed by atoms with van der Waals surface area (Å²) in [6.07, 6.45) is 5.72. The lowest BCUT2D eigenvalue weighted by Gasteiger charge is -2.46. The van der Waals surface area contributed by atoms with Gasteiger partial charge < -0.3 is 10.3 Å². The Morgan fingerprint density at radius 3 is 2.42 bits per heavy atom. The van der Waals surface area contributed by atoms with E-state index in [1.54, 1.807) is 75.4 Å². The molecule has 10 heteroatoms. The molecule has 0 unspecified atom stereocenters. The fraction of sp³-hybridized carbons (Fsp3) is 0.393. The number of carbonyl (C=O) groups excluding carboxylic acids is 3. The molecule has 0 radical (unpaired) electrons. The number of β-lactam (4-membered cyclic amide) rings is 1. The van der Waals surface area contributed by atoms with Crippen molar-refractivity contribution in [1.29, 1.82) is 0 Å². The quantitative estimate of drug-likeness (QED) is 0.456. The summed E-state index contributed by atoms with van der Waals surface area (Å²) in [4.78, 5) is 51.3. The number of pyridine rings is 1. The van der Waals surface area contributed by atoms with Crippen LogP contribution >= 0.6 is 0 Å². The van der Waals surface area contributed by atoms with Gasteiger partial charge in [-0.3, -0.25) is 24.2 Å². The number of aromatic nitrogens is 3. The lowest BCUT2D eigenvalue weighted by atomic mass is 9.80. The Hall–Kier alpha value is -4.08. The second-order valence-corrected chi connectivity index (χ2v) is 9.96. The van der Waals surface area contributed by atoms with Gasteiger partial charge in [0.2, 0.25) is 17.8 Å². The van der Waals surface area contributed by atoms with Crippen molar-refractivity contribution in [2.75, 3.05) is 17.7 Å². The van der Waals surface area contributed by atoms with Gasteiger partial charge in [0.1, 0.15) is 17.7 Å². The fourth-order valence-corrected chi connectivity index (χ4v) is 5.18. The Morgan fingerprint density at radius 2 is 1.84 bits per heavy atom. The summed E-state index contributed by atoms with van der Waals surface area (Å²) >= 11 is 0. The maximum absolute atomic E-state index is 14.2. The third-order valence-electron chi connectivity index (χ3n) is 7.31. The van der Waals surface area contributed by atoms with Crippen molar-refractivity contribution < 1.29 is 18.8 Å². The molecular formula is C28H33FN6O3. The molecule has 1 saturated heterocycles. The molecule has 0 saturated carbocycles. The number of imidazole rings is 1. The smallest absolute Gasteiger partial charge is 0.253 e. The zero-order valence-electron chi connectivity index (χ0n) is 22.3. The molecule has 1 aliphatic rings. The summed E-state index contributed by atoms with van der Waals surface area (Å²) in [5.74, 6) is -1.75. The van der Waals surface area contributed by atoms with Crippen LogP contribution in [0.1, 0.15) is 47.9 Å². The topological polar surface area (TPSA) is 114 Å². The Balaban J connectivity index is 1.62. The van der Waals surface area contributed by atoms with Crippen molar-refractivity contribution in [3.05, 3.63) is 70.9 Å². The maximum Gasteiger partial charge on any atom is 0.253 e. The fourth-order valence-electron chi connectivity index (χ4n) is 5.18. The van der Waals surface area contributed by atoms with Gasteiger partial charge in [-0.2, -0.15) is 0 Å². The summed E-state index contributed by atoms with van der Waals surface area (Å²) in [6, 6.07) is 5.91. The first-order valence-corrected chi connectivity index (χ1v) is 12.6. The number of likely N-dealkylation sites (tertiary alicyclic amines) is 1. The van der Waals surface area contributed by atoms with Crippen LogP contribution in [0.15, 0.2) is 42.9 Å². The molecule has 1 aliphatic heterocycles. The van der Waals surface area contributed by atoms with Crippen molar-refractivity contribution in [2.24, 2.45) is 13.0 Å². The number of hydrogen-bond acceptors (Lipinski definition) is 6. The number of imide groups is 1. The largest absolute Gasteiger partial charge is 0.384 e. The summed E-state index contributed by atoms with van der Waals surface area (Å²) in [7, 11) is 3.34. The number of benzene rings is 1. The molecule has 0 bridgehead atoms. The van der Waals surface area contributed by atoms with Crippen LogP contribution in [0.2, 0.25) is 0 Å². The van der Waals surface area contributed by atoms with Gasteiger partial charge in [0.05, 0.1) is 5.92 Å². The van der Waals surface area contributed by atoms with E-state index in [2.05, 4.69) is 9.97 Å². The molecule has 1 aromatic carbocycles. The number of nitrogens with two attached hydrogens (primary N) is 1. The molecule has 2 aromatic heterocycles. The molecule has 38 heavy (non-hydrogen) atoms. The van der Waals surface area contributed by atoms with E-state index in [4.69, 9.17) is 5.73 Å². The van der Waals surface area contributed by atoms with Crippen molar-refractivity contribution in [3.63, 3.8) is 0 Å². The van der Waals surface area contributed by atoms with Crippen molar-refractivity contribution in [1.82, 2.24) is 19.4 Å². The first-order chi connectivity index (χ1) is 18.0. The van der Waals surface area contributed by atoms with Gasteiger partial charge in [-0.15, -0.1) is 0 Å². The summed E-state index contributed by atoms with van der Waals surface area (Å²) in [6.45, 7) is 5.33. The Kier molecular flexibility index (Phi) is 7.61. The minimum atomic E-state index is -0.986. The molecule has 4 rings (SSSR count). The summed E-state index contributed by atoms with van der Waals surface area (Å²) < 4.78 is 15.9. The van der Waals surface area contributed by atoms with E-state index in [-0.39, 0.29) is 24.6 Å². The number of rotatable bonds is 8. The normalized spacial score (nSPS) is 17.7. The number of amides is 3. The lowest BCUT2D eigenvalue weighted by Crippen LogP contribution is -2.69. The molecular weight excluding hydrogens is 487 g/mol. The van der Waals surface area contributed by atoms with E-state index < -0.39 is 29.7 Å². The van der Waals surface area contributed by atoms with E-state index in [9.17, 15) is 18.8 Å². The average Bonchev–Trinajstić information content (AvgIpc) is 3.31. The number of nitrogen functional groups attached to an aromatic ring is 1. The van der Waals surface area contributed by atoms with Crippen LogP contribution in [-0.4, -0.2) is 50.2 Å². The minimum Gasteiger partial charge on any atom is -0.384 e. The number of aryl methyl sites for hydroxylation is 3. The van der Waals surface area contributed by atoms with Crippen LogP contribution in [0.25, 0.3) is 0 Å². The highest BCUT2D eigenvalue weighted by Crippen LogP contribution is 2.35. The Labute approximate surface area is 221 Å². The maximum atomic E-state index is 14.2. The van der Waals surface area contributed by atoms with Crippen LogP contribution in [0.5, 0.6) is 0 Å². The van der Waals surface area contributed by atoms with Gasteiger partial charge in [-0.05, 0) is 67.0 Å². The van der Waals surface area contributed by atoms with E-state index in [1.165, 1.54) is 4.90 Å². The third-order valence-corrected chi connectivity index (χ3v) is 7.31. The van der Waals surface area contributed by atoms with Gasteiger partial charge in [0.25, 0.3) is 5.91 Å². The van der Waals surface area contributed by atoms with E-state index in [0.717, 1.165) is 16.0 Å². The molecule has 3 heterocycles. The number of anilines is 2. The van der Waals surface area contributed by atoms with Gasteiger partial charge in [-0.1, -0.05) is 19.1 Å². The molecule has 200 valence electrons. The van der Waals surface area contributed by atoms with Crippen LogP contribution in [0.4, 0.5) is 16.2 Å². The van der Waals surface area contributed by atoms with Crippen LogP contribution < -0.4 is 10.6 Å². The first kappa shape index (κ1) is 27.0. The molecule has 3 amide bonds. The number of hydrogen-bond donors (Lipinski definition) is 1. The second kappa shape index (κ2) is 10.7. The Bertz CT molecular complexity index is 1360. The molecule has 0 spiro atoms. The molecule has 3 aromatic rings. The minimum absolute atomic E-state index is 0.0254. The third kappa shape index (κ3) is 5.03. The van der Waals surface area contributed by atoms with Gasteiger partial charge in [0.15, 0.2) is 0 Å². The highest BCUT2D eigenvalue weighted by Gasteiger charge is 2.55. The highest BCUT2D eigenvalue weighted by molar-refractivity contribution is 6.12. The summed E-state index contributed by atoms with van der Waals surface area (Å²) in [5, 5.41) is 0. The van der Waals surface area contributed by atoms with Crippen LogP contribution in [0.3, 0.4) is 0 Å². The second-order valence-electron chi connectivity index (χ2n) is 9.96. The van der Waals surface area contributed by atoms with Gasteiger partial charge in [-0.25, -0.2) is 14.4 Å². The summed E-state index contributed by atoms with van der Waals surface area (Å²) in [5.41, 5.74) is 8.42. The van der Waals surface area contributed by atoms with E-state index in [1.807, 2.05) is 6.92 Å². The zero-order chi connectivity index (χ0) is 27.7. The predicted octanol–water partition coefficient (Wildman–Crippen LogP) is 3.30. The average molecular weight is 521 g/mol. The zero-order valence-corrected chi connectivity index (χ0v) is 22.3. The van der Waals surface area contributed by atoms with Gasteiger partial charge >= 0.3 is 0 Å². The van der Waals surface area contributed by atoms with Crippen LogP contribution in [-0.2, 0) is 27.9 Å².